The molecule has 1 aliphatic carbocycles. The summed E-state index contributed by atoms with van der Waals surface area (Å²) < 4.78 is 0. The monoisotopic (exact) mass is 200 g/mol. The van der Waals surface area contributed by atoms with Crippen molar-refractivity contribution < 1.29 is 4.79 Å². The van der Waals surface area contributed by atoms with Gasteiger partial charge in [-0.05, 0) is 33.6 Å². The van der Waals surface area contributed by atoms with Crippen LogP contribution in [0, 0.1) is 5.41 Å². The van der Waals surface area contributed by atoms with Gasteiger partial charge in [-0.15, -0.1) is 0 Å². The fourth-order valence-electron chi connectivity index (χ4n) is 0.855. The van der Waals surface area contributed by atoms with Crippen molar-refractivity contribution in [2.75, 3.05) is 0 Å². The predicted molar refractivity (Wildman–Crippen MR) is 56.3 cm³/mol. The maximum absolute atomic E-state index is 11.7. The fraction of sp³-hybridized carbons (Fsp3) is 0.778. The maximum Gasteiger partial charge on any atom is 0.232 e. The molecular weight excluding hydrogens is 184 g/mol. The SMILES string of the molecule is CC1(NC(=O)C(C)(C)C(N)=S)CC1. The molecule has 0 radical (unpaired) electrons. The molecule has 13 heavy (non-hydrogen) atoms. The van der Waals surface area contributed by atoms with Crippen LogP contribution < -0.4 is 11.1 Å². The lowest BCUT2D eigenvalue weighted by atomic mass is 9.92. The Labute approximate surface area is 84.1 Å². The van der Waals surface area contributed by atoms with E-state index in [4.69, 9.17) is 18.0 Å². The molecule has 0 bridgehead atoms. The number of amides is 1. The molecular formula is C9H16N2OS. The first-order valence-corrected chi connectivity index (χ1v) is 4.81. The van der Waals surface area contributed by atoms with Gasteiger partial charge in [0.15, 0.2) is 0 Å². The van der Waals surface area contributed by atoms with Crippen molar-refractivity contribution in [3.8, 4) is 0 Å². The van der Waals surface area contributed by atoms with Crippen LogP contribution in [-0.4, -0.2) is 16.4 Å². The molecule has 3 nitrogen and oxygen atoms in total. The Balaban J connectivity index is 2.61. The summed E-state index contributed by atoms with van der Waals surface area (Å²) >= 11 is 4.83. The molecule has 0 aromatic carbocycles. The highest BCUT2D eigenvalue weighted by Crippen LogP contribution is 2.35. The van der Waals surface area contributed by atoms with Gasteiger partial charge in [-0.1, -0.05) is 12.2 Å². The minimum absolute atomic E-state index is 0.000856. The number of nitrogens with one attached hydrogen (secondary N) is 1. The summed E-state index contributed by atoms with van der Waals surface area (Å²) in [6.07, 6.45) is 2.10. The quantitative estimate of drug-likeness (QED) is 0.667. The average Bonchev–Trinajstić information content (AvgIpc) is 2.67. The van der Waals surface area contributed by atoms with Crippen molar-refractivity contribution >= 4 is 23.1 Å². The number of hydrogen-bond acceptors (Lipinski definition) is 2. The van der Waals surface area contributed by atoms with E-state index in [0.29, 0.717) is 0 Å². The Morgan fingerprint density at radius 1 is 1.54 bits per heavy atom. The van der Waals surface area contributed by atoms with E-state index in [1.807, 2.05) is 6.92 Å². The molecule has 0 spiro atoms. The summed E-state index contributed by atoms with van der Waals surface area (Å²) in [6, 6.07) is 0. The summed E-state index contributed by atoms with van der Waals surface area (Å²) in [7, 11) is 0. The first kappa shape index (κ1) is 10.4. The third-order valence-electron chi connectivity index (χ3n) is 2.60. The van der Waals surface area contributed by atoms with Gasteiger partial charge in [0, 0.05) is 5.54 Å². The second-order valence-electron chi connectivity index (χ2n) is 4.50. The van der Waals surface area contributed by atoms with E-state index in [9.17, 15) is 4.79 Å². The Morgan fingerprint density at radius 2 is 2.00 bits per heavy atom. The number of thiocarbonyl (C=S) groups is 1. The molecule has 0 saturated heterocycles. The summed E-state index contributed by atoms with van der Waals surface area (Å²) in [6.45, 7) is 5.52. The Morgan fingerprint density at radius 3 is 2.31 bits per heavy atom. The second-order valence-corrected chi connectivity index (χ2v) is 4.94. The van der Waals surface area contributed by atoms with Gasteiger partial charge in [-0.3, -0.25) is 4.79 Å². The summed E-state index contributed by atoms with van der Waals surface area (Å²) in [5.41, 5.74) is 4.74. The molecule has 0 heterocycles. The molecule has 1 aliphatic rings. The summed E-state index contributed by atoms with van der Waals surface area (Å²) in [5.74, 6) is -0.0694. The van der Waals surface area contributed by atoms with E-state index in [1.165, 1.54) is 0 Å². The van der Waals surface area contributed by atoms with Crippen molar-refractivity contribution in [1.29, 1.82) is 0 Å². The molecule has 1 amide bonds. The smallest absolute Gasteiger partial charge is 0.232 e. The van der Waals surface area contributed by atoms with Gasteiger partial charge in [0.1, 0.15) is 0 Å². The molecule has 74 valence electrons. The second kappa shape index (κ2) is 2.94. The highest BCUT2D eigenvalue weighted by Gasteiger charge is 2.42. The van der Waals surface area contributed by atoms with Gasteiger partial charge in [-0.2, -0.15) is 0 Å². The van der Waals surface area contributed by atoms with Crippen LogP contribution in [0.4, 0.5) is 0 Å². The van der Waals surface area contributed by atoms with Gasteiger partial charge in [0.2, 0.25) is 5.91 Å². The van der Waals surface area contributed by atoms with Crippen molar-refractivity contribution in [1.82, 2.24) is 5.32 Å². The van der Waals surface area contributed by atoms with Gasteiger partial charge in [-0.25, -0.2) is 0 Å². The minimum atomic E-state index is -0.735. The first-order valence-electron chi connectivity index (χ1n) is 4.40. The van der Waals surface area contributed by atoms with Gasteiger partial charge < -0.3 is 11.1 Å². The minimum Gasteiger partial charge on any atom is -0.392 e. The zero-order valence-corrected chi connectivity index (χ0v) is 9.12. The third kappa shape index (κ3) is 2.18. The normalized spacial score (nSPS) is 19.3. The van der Waals surface area contributed by atoms with E-state index in [-0.39, 0.29) is 16.4 Å². The fourth-order valence-corrected chi connectivity index (χ4v) is 0.947. The van der Waals surface area contributed by atoms with Crippen LogP contribution in [0.2, 0.25) is 0 Å². The lowest BCUT2D eigenvalue weighted by molar-refractivity contribution is -0.127. The van der Waals surface area contributed by atoms with Crippen LogP contribution in [0.25, 0.3) is 0 Å². The molecule has 1 saturated carbocycles. The zero-order chi connectivity index (χ0) is 10.3. The van der Waals surface area contributed by atoms with E-state index in [0.717, 1.165) is 12.8 Å². The van der Waals surface area contributed by atoms with Gasteiger partial charge in [0.05, 0.1) is 10.4 Å². The van der Waals surface area contributed by atoms with Crippen molar-refractivity contribution in [2.24, 2.45) is 11.1 Å². The number of carbonyl (C=O) groups is 1. The van der Waals surface area contributed by atoms with Crippen LogP contribution in [0.15, 0.2) is 0 Å². The topological polar surface area (TPSA) is 55.1 Å². The average molecular weight is 200 g/mol. The predicted octanol–water partition coefficient (Wildman–Crippen LogP) is 0.967. The van der Waals surface area contributed by atoms with E-state index in [1.54, 1.807) is 13.8 Å². The Bertz CT molecular complexity index is 256. The first-order chi connectivity index (χ1) is 5.78. The van der Waals surface area contributed by atoms with Crippen LogP contribution >= 0.6 is 12.2 Å². The van der Waals surface area contributed by atoms with Crippen molar-refractivity contribution in [3.05, 3.63) is 0 Å². The van der Waals surface area contributed by atoms with Crippen LogP contribution in [0.3, 0.4) is 0 Å². The lowest BCUT2D eigenvalue weighted by Crippen LogP contribution is -2.48. The van der Waals surface area contributed by atoms with Gasteiger partial charge in [0.25, 0.3) is 0 Å². The molecule has 0 atom stereocenters. The number of rotatable bonds is 3. The largest absolute Gasteiger partial charge is 0.392 e. The standard InChI is InChI=1S/C9H16N2OS/c1-8(2,6(10)13)7(12)11-9(3)4-5-9/h4-5H2,1-3H3,(H2,10,13)(H,11,12). The molecule has 0 aliphatic heterocycles. The lowest BCUT2D eigenvalue weighted by Gasteiger charge is -2.24. The molecule has 1 fully saturated rings. The van der Waals surface area contributed by atoms with E-state index < -0.39 is 5.41 Å². The highest BCUT2D eigenvalue weighted by molar-refractivity contribution is 7.80. The van der Waals surface area contributed by atoms with E-state index >= 15 is 0 Å². The van der Waals surface area contributed by atoms with Gasteiger partial charge >= 0.3 is 0 Å². The summed E-state index contributed by atoms with van der Waals surface area (Å²) in [5, 5.41) is 2.95. The molecule has 1 rings (SSSR count). The van der Waals surface area contributed by atoms with Crippen LogP contribution in [-0.2, 0) is 4.79 Å². The number of hydrogen-bond donors (Lipinski definition) is 2. The molecule has 3 N–H and O–H groups in total. The van der Waals surface area contributed by atoms with Crippen molar-refractivity contribution in [3.63, 3.8) is 0 Å². The Kier molecular flexibility index (Phi) is 2.36. The zero-order valence-electron chi connectivity index (χ0n) is 8.31. The van der Waals surface area contributed by atoms with Crippen LogP contribution in [0.5, 0.6) is 0 Å². The summed E-state index contributed by atoms with van der Waals surface area (Å²) in [4.78, 5) is 11.9. The molecule has 0 unspecified atom stereocenters. The molecule has 0 aromatic rings. The molecule has 4 heteroatoms. The highest BCUT2D eigenvalue weighted by atomic mass is 32.1. The maximum atomic E-state index is 11.7. The Hall–Kier alpha value is -0.640. The number of nitrogens with two attached hydrogens (primary N) is 1. The van der Waals surface area contributed by atoms with Crippen molar-refractivity contribution in [2.45, 2.75) is 39.2 Å². The molecule has 0 aromatic heterocycles. The van der Waals surface area contributed by atoms with Crippen LogP contribution in [0.1, 0.15) is 33.6 Å². The number of carbonyl (C=O) groups excluding carboxylic acids is 1. The third-order valence-corrected chi connectivity index (χ3v) is 3.11. The van der Waals surface area contributed by atoms with E-state index in [2.05, 4.69) is 5.32 Å².